The van der Waals surface area contributed by atoms with E-state index in [1.807, 2.05) is 31.1 Å². The zero-order valence-electron chi connectivity index (χ0n) is 21.5. The molecule has 0 N–H and O–H groups in total. The molecule has 0 spiro atoms. The van der Waals surface area contributed by atoms with Crippen LogP contribution < -0.4 is 9.64 Å². The quantitative estimate of drug-likeness (QED) is 0.134. The number of nitrogens with zero attached hydrogens (tertiary/aromatic N) is 3. The summed E-state index contributed by atoms with van der Waals surface area (Å²) in [5.41, 5.74) is 2.60. The van der Waals surface area contributed by atoms with Gasteiger partial charge in [0.1, 0.15) is 17.3 Å². The van der Waals surface area contributed by atoms with Crippen LogP contribution in [-0.2, 0) is 4.74 Å². The number of hydrogen-bond donors (Lipinski definition) is 0. The van der Waals surface area contributed by atoms with E-state index >= 15 is 0 Å². The second-order valence-electron chi connectivity index (χ2n) is 8.61. The molecule has 4 aromatic carbocycles. The number of ether oxygens (including phenoxy) is 2. The van der Waals surface area contributed by atoms with E-state index in [4.69, 9.17) is 9.47 Å². The number of anilines is 1. The first-order chi connectivity index (χ1) is 18.7. The predicted molar refractivity (Wildman–Crippen MR) is 144 cm³/mol. The van der Waals surface area contributed by atoms with Crippen LogP contribution in [0.4, 0.5) is 25.8 Å². The number of benzene rings is 4. The highest BCUT2D eigenvalue weighted by Gasteiger charge is 2.14. The van der Waals surface area contributed by atoms with Gasteiger partial charge in [-0.1, -0.05) is 18.2 Å². The molecule has 0 saturated heterocycles. The highest BCUT2D eigenvalue weighted by atomic mass is 19.1. The summed E-state index contributed by atoms with van der Waals surface area (Å²) in [5.74, 6) is -2.63. The van der Waals surface area contributed by atoms with E-state index in [1.54, 1.807) is 31.2 Å². The Morgan fingerprint density at radius 3 is 2.08 bits per heavy atom. The molecule has 0 unspecified atom stereocenters. The molecule has 4 aromatic rings. The average molecular weight is 530 g/mol. The molecule has 39 heavy (non-hydrogen) atoms. The van der Waals surface area contributed by atoms with Crippen LogP contribution in [0, 0.1) is 11.6 Å². The van der Waals surface area contributed by atoms with Gasteiger partial charge >= 0.3 is 11.9 Å². The van der Waals surface area contributed by atoms with Gasteiger partial charge in [0.15, 0.2) is 5.82 Å². The summed E-state index contributed by atoms with van der Waals surface area (Å²) in [7, 11) is 3.85. The number of carbonyl (C=O) groups is 2. The van der Waals surface area contributed by atoms with Gasteiger partial charge in [-0.3, -0.25) is 0 Å². The summed E-state index contributed by atoms with van der Waals surface area (Å²) in [6, 6.07) is 21.2. The summed E-state index contributed by atoms with van der Waals surface area (Å²) in [5, 5.41) is 7.98. The molecule has 0 aliphatic carbocycles. The van der Waals surface area contributed by atoms with Crippen molar-refractivity contribution in [1.82, 2.24) is 0 Å². The molecule has 0 bridgehead atoms. The molecule has 9 heteroatoms. The fourth-order valence-electron chi connectivity index (χ4n) is 3.60. The number of carbonyl (C=O) groups excluding carboxylic acids is 2. The van der Waals surface area contributed by atoms with Gasteiger partial charge in [-0.25, -0.2) is 18.4 Å². The lowest BCUT2D eigenvalue weighted by Crippen LogP contribution is -2.08. The molecule has 0 aliphatic rings. The molecule has 198 valence electrons. The normalized spacial score (nSPS) is 10.9. The molecule has 7 nitrogen and oxygen atoms in total. The Labute approximate surface area is 224 Å². The number of azo groups is 1. The highest BCUT2D eigenvalue weighted by molar-refractivity contribution is 5.92. The topological polar surface area (TPSA) is 80.6 Å². The van der Waals surface area contributed by atoms with Gasteiger partial charge in [0.25, 0.3) is 0 Å². The average Bonchev–Trinajstić information content (AvgIpc) is 2.93. The van der Waals surface area contributed by atoms with Gasteiger partial charge in [0.2, 0.25) is 0 Å². The summed E-state index contributed by atoms with van der Waals surface area (Å²) in [4.78, 5) is 26.3. The first-order valence-electron chi connectivity index (χ1n) is 12.0. The van der Waals surface area contributed by atoms with Crippen LogP contribution in [0.5, 0.6) is 5.75 Å². The van der Waals surface area contributed by atoms with Crippen molar-refractivity contribution in [1.29, 1.82) is 0 Å². The smallest absolute Gasteiger partial charge is 0.343 e. The van der Waals surface area contributed by atoms with Crippen molar-refractivity contribution in [2.24, 2.45) is 10.2 Å². The van der Waals surface area contributed by atoms with Crippen molar-refractivity contribution in [3.63, 3.8) is 0 Å². The third-order valence-electron chi connectivity index (χ3n) is 5.68. The molecular weight excluding hydrogens is 504 g/mol. The van der Waals surface area contributed by atoms with Crippen LogP contribution in [0.3, 0.4) is 0 Å². The monoisotopic (exact) mass is 529 g/mol. The van der Waals surface area contributed by atoms with E-state index in [0.717, 1.165) is 17.8 Å². The summed E-state index contributed by atoms with van der Waals surface area (Å²) < 4.78 is 39.3. The van der Waals surface area contributed by atoms with Crippen LogP contribution >= 0.6 is 0 Å². The van der Waals surface area contributed by atoms with Crippen molar-refractivity contribution in [2.45, 2.75) is 6.92 Å². The maximum atomic E-state index is 14.6. The van der Waals surface area contributed by atoms with E-state index in [-0.39, 0.29) is 34.7 Å². The Hall–Kier alpha value is -4.92. The Morgan fingerprint density at radius 1 is 0.769 bits per heavy atom. The van der Waals surface area contributed by atoms with Crippen molar-refractivity contribution in [2.75, 3.05) is 25.6 Å². The number of halogens is 2. The van der Waals surface area contributed by atoms with Crippen molar-refractivity contribution in [3.8, 4) is 16.9 Å². The second-order valence-corrected chi connectivity index (χ2v) is 8.61. The molecule has 0 atom stereocenters. The minimum Gasteiger partial charge on any atom is -0.462 e. The SMILES string of the molecule is CCOC(=O)c1ccc(-c2ccc(C(=O)Oc3ccc(/N=N/c4ccc(N(C)C)cc4)c(F)c3)cc2)c(F)c1. The van der Waals surface area contributed by atoms with Crippen LogP contribution in [-0.4, -0.2) is 32.6 Å². The first kappa shape index (κ1) is 27.1. The Balaban J connectivity index is 1.41. The van der Waals surface area contributed by atoms with Crippen LogP contribution in [0.1, 0.15) is 27.6 Å². The summed E-state index contributed by atoms with van der Waals surface area (Å²) >= 11 is 0. The maximum absolute atomic E-state index is 14.6. The molecule has 0 radical (unpaired) electrons. The van der Waals surface area contributed by atoms with Gasteiger partial charge in [0.05, 0.1) is 23.4 Å². The van der Waals surface area contributed by atoms with Gasteiger partial charge in [-0.15, -0.1) is 5.11 Å². The zero-order chi connectivity index (χ0) is 27.9. The largest absolute Gasteiger partial charge is 0.462 e. The second kappa shape index (κ2) is 12.1. The van der Waals surface area contributed by atoms with E-state index in [2.05, 4.69) is 10.2 Å². The van der Waals surface area contributed by atoms with Gasteiger partial charge < -0.3 is 14.4 Å². The van der Waals surface area contributed by atoms with Gasteiger partial charge in [-0.2, -0.15) is 5.11 Å². The fourth-order valence-corrected chi connectivity index (χ4v) is 3.60. The van der Waals surface area contributed by atoms with Crippen LogP contribution in [0.2, 0.25) is 0 Å². The molecule has 0 heterocycles. The van der Waals surface area contributed by atoms with E-state index in [1.165, 1.54) is 36.4 Å². The van der Waals surface area contributed by atoms with E-state index in [0.29, 0.717) is 11.3 Å². The van der Waals surface area contributed by atoms with Crippen molar-refractivity contribution < 1.29 is 27.8 Å². The van der Waals surface area contributed by atoms with Crippen molar-refractivity contribution >= 4 is 29.0 Å². The van der Waals surface area contributed by atoms with Crippen molar-refractivity contribution in [3.05, 3.63) is 108 Å². The minimum absolute atomic E-state index is 0.00328. The van der Waals surface area contributed by atoms with Gasteiger partial charge in [-0.05, 0) is 73.2 Å². The number of hydrogen-bond acceptors (Lipinski definition) is 7. The molecule has 0 aromatic heterocycles. The predicted octanol–water partition coefficient (Wildman–Crippen LogP) is 7.51. The van der Waals surface area contributed by atoms with Crippen LogP contribution in [0.15, 0.2) is 95.2 Å². The Bertz CT molecular complexity index is 1520. The lowest BCUT2D eigenvalue weighted by Gasteiger charge is -2.11. The third kappa shape index (κ3) is 6.70. The van der Waals surface area contributed by atoms with Gasteiger partial charge in [0, 0.05) is 31.4 Å². The number of esters is 2. The molecule has 0 fully saturated rings. The summed E-state index contributed by atoms with van der Waals surface area (Å²) in [6.07, 6.45) is 0. The molecule has 0 amide bonds. The zero-order valence-corrected chi connectivity index (χ0v) is 21.5. The minimum atomic E-state index is -0.713. The lowest BCUT2D eigenvalue weighted by atomic mass is 10.0. The standard InChI is InChI=1S/C30H25F2N3O4/c1-4-38-29(36)21-9-15-25(26(31)17-21)19-5-7-20(8-6-19)30(37)39-24-14-16-28(27(32)18-24)34-33-22-10-12-23(13-11-22)35(2)3/h5-18H,4H2,1-3H3/b34-33+. The molecular formula is C30H25F2N3O4. The number of rotatable bonds is 8. The highest BCUT2D eigenvalue weighted by Crippen LogP contribution is 2.28. The fraction of sp³-hybridized carbons (Fsp3) is 0.133. The molecule has 4 rings (SSSR count). The Kier molecular flexibility index (Phi) is 8.40. The molecule has 0 aliphatic heterocycles. The van der Waals surface area contributed by atoms with E-state index < -0.39 is 23.6 Å². The first-order valence-corrected chi connectivity index (χ1v) is 12.0. The molecule has 0 saturated carbocycles. The lowest BCUT2D eigenvalue weighted by molar-refractivity contribution is 0.0525. The maximum Gasteiger partial charge on any atom is 0.343 e. The van der Waals surface area contributed by atoms with E-state index in [9.17, 15) is 18.4 Å². The van der Waals surface area contributed by atoms with Crippen LogP contribution in [0.25, 0.3) is 11.1 Å². The Morgan fingerprint density at radius 2 is 1.46 bits per heavy atom. The third-order valence-corrected chi connectivity index (χ3v) is 5.68. The summed E-state index contributed by atoms with van der Waals surface area (Å²) in [6.45, 7) is 1.86.